The van der Waals surface area contributed by atoms with Gasteiger partial charge in [-0.3, -0.25) is 4.79 Å². The standard InChI is InChI=1S/C7H7ClN4O/c8-6-5(10-3-1-2-9)4-11-12-7(6)13/h4H,1,3H2,(H2,10,12,13). The van der Waals surface area contributed by atoms with Gasteiger partial charge < -0.3 is 5.32 Å². The second kappa shape index (κ2) is 4.48. The van der Waals surface area contributed by atoms with E-state index >= 15 is 0 Å². The van der Waals surface area contributed by atoms with Crippen LogP contribution in [0.3, 0.4) is 0 Å². The van der Waals surface area contributed by atoms with Gasteiger partial charge in [0.05, 0.1) is 24.4 Å². The van der Waals surface area contributed by atoms with Gasteiger partial charge in [0, 0.05) is 6.54 Å². The first-order valence-corrected chi connectivity index (χ1v) is 3.97. The predicted octanol–water partition coefficient (Wildman–Crippen LogP) is 0.749. The lowest BCUT2D eigenvalue weighted by atomic mass is 10.4. The van der Waals surface area contributed by atoms with Crippen LogP contribution in [0.15, 0.2) is 11.0 Å². The van der Waals surface area contributed by atoms with Crippen LogP contribution in [0.5, 0.6) is 0 Å². The molecule has 1 aromatic heterocycles. The first kappa shape index (κ1) is 9.55. The summed E-state index contributed by atoms with van der Waals surface area (Å²) in [5.41, 5.74) is 0.00397. The number of nitrogens with zero attached hydrogens (tertiary/aromatic N) is 2. The Labute approximate surface area is 79.3 Å². The van der Waals surface area contributed by atoms with E-state index in [9.17, 15) is 4.79 Å². The van der Waals surface area contributed by atoms with E-state index in [-0.39, 0.29) is 5.02 Å². The third-order valence-electron chi connectivity index (χ3n) is 1.35. The van der Waals surface area contributed by atoms with Crippen molar-refractivity contribution in [2.75, 3.05) is 11.9 Å². The number of anilines is 1. The molecule has 1 heterocycles. The Morgan fingerprint density at radius 3 is 3.23 bits per heavy atom. The summed E-state index contributed by atoms with van der Waals surface area (Å²) >= 11 is 5.64. The Morgan fingerprint density at radius 1 is 1.77 bits per heavy atom. The fourth-order valence-electron chi connectivity index (χ4n) is 0.760. The minimum absolute atomic E-state index is 0.0629. The van der Waals surface area contributed by atoms with Gasteiger partial charge in [0.15, 0.2) is 0 Å². The van der Waals surface area contributed by atoms with Gasteiger partial charge in [0.25, 0.3) is 5.56 Å². The average Bonchev–Trinajstić information content (AvgIpc) is 2.13. The maximum Gasteiger partial charge on any atom is 0.285 e. The molecule has 1 aromatic rings. The smallest absolute Gasteiger partial charge is 0.285 e. The number of aromatic nitrogens is 2. The molecule has 1 rings (SSSR count). The summed E-state index contributed by atoms with van der Waals surface area (Å²) in [5.74, 6) is 0. The van der Waals surface area contributed by atoms with Crippen molar-refractivity contribution < 1.29 is 0 Å². The molecule has 13 heavy (non-hydrogen) atoms. The lowest BCUT2D eigenvalue weighted by Crippen LogP contribution is -2.12. The Morgan fingerprint density at radius 2 is 2.54 bits per heavy atom. The summed E-state index contributed by atoms with van der Waals surface area (Å²) in [7, 11) is 0. The van der Waals surface area contributed by atoms with E-state index in [0.717, 1.165) is 0 Å². The highest BCUT2D eigenvalue weighted by atomic mass is 35.5. The molecule has 0 aromatic carbocycles. The number of nitrogens with one attached hydrogen (secondary N) is 2. The van der Waals surface area contributed by atoms with Gasteiger partial charge in [-0.05, 0) is 0 Å². The SMILES string of the molecule is N#CCCNc1cn[nH]c(=O)c1Cl. The predicted molar refractivity (Wildman–Crippen MR) is 48.6 cm³/mol. The van der Waals surface area contributed by atoms with Crippen molar-refractivity contribution in [1.82, 2.24) is 10.2 Å². The van der Waals surface area contributed by atoms with E-state index in [4.69, 9.17) is 16.9 Å². The number of halogens is 1. The molecule has 0 saturated carbocycles. The van der Waals surface area contributed by atoms with E-state index < -0.39 is 5.56 Å². The molecule has 0 aliphatic heterocycles. The topological polar surface area (TPSA) is 81.6 Å². The molecule has 0 amide bonds. The van der Waals surface area contributed by atoms with Crippen molar-refractivity contribution in [1.29, 1.82) is 5.26 Å². The zero-order chi connectivity index (χ0) is 9.68. The molecule has 5 nitrogen and oxygen atoms in total. The lowest BCUT2D eigenvalue weighted by Gasteiger charge is -2.03. The minimum atomic E-state index is -0.441. The van der Waals surface area contributed by atoms with E-state index in [1.165, 1.54) is 6.20 Å². The largest absolute Gasteiger partial charge is 0.381 e. The van der Waals surface area contributed by atoms with Gasteiger partial charge in [0.2, 0.25) is 0 Å². The van der Waals surface area contributed by atoms with Crippen LogP contribution in [-0.2, 0) is 0 Å². The highest BCUT2D eigenvalue weighted by Crippen LogP contribution is 2.13. The second-order valence-electron chi connectivity index (χ2n) is 2.26. The molecule has 0 aliphatic rings. The summed E-state index contributed by atoms with van der Waals surface area (Å²) < 4.78 is 0. The van der Waals surface area contributed by atoms with Gasteiger partial charge in [0.1, 0.15) is 5.02 Å². The molecule has 2 N–H and O–H groups in total. The van der Waals surface area contributed by atoms with Crippen molar-refractivity contribution >= 4 is 17.3 Å². The minimum Gasteiger partial charge on any atom is -0.381 e. The summed E-state index contributed by atoms with van der Waals surface area (Å²) in [6.45, 7) is 0.446. The van der Waals surface area contributed by atoms with Crippen molar-refractivity contribution in [3.05, 3.63) is 21.6 Å². The van der Waals surface area contributed by atoms with E-state index in [2.05, 4.69) is 15.5 Å². The molecule has 0 atom stereocenters. The number of hydrogen-bond acceptors (Lipinski definition) is 4. The van der Waals surface area contributed by atoms with Crippen LogP contribution in [0.2, 0.25) is 5.02 Å². The molecular formula is C7H7ClN4O. The van der Waals surface area contributed by atoms with Gasteiger partial charge in [-0.1, -0.05) is 11.6 Å². The zero-order valence-electron chi connectivity index (χ0n) is 6.67. The molecule has 0 aliphatic carbocycles. The van der Waals surface area contributed by atoms with Crippen LogP contribution in [0.4, 0.5) is 5.69 Å². The van der Waals surface area contributed by atoms with Crippen molar-refractivity contribution in [2.45, 2.75) is 6.42 Å². The first-order chi connectivity index (χ1) is 6.25. The Hall–Kier alpha value is -1.54. The Balaban J connectivity index is 2.73. The van der Waals surface area contributed by atoms with Crippen molar-refractivity contribution in [3.63, 3.8) is 0 Å². The van der Waals surface area contributed by atoms with Gasteiger partial charge >= 0.3 is 0 Å². The Bertz CT molecular complexity index is 381. The molecule has 68 valence electrons. The number of H-pyrrole nitrogens is 1. The second-order valence-corrected chi connectivity index (χ2v) is 2.64. The van der Waals surface area contributed by atoms with E-state index in [1.807, 2.05) is 6.07 Å². The first-order valence-electron chi connectivity index (χ1n) is 3.59. The number of aromatic amines is 1. The highest BCUT2D eigenvalue weighted by Gasteiger charge is 2.02. The zero-order valence-corrected chi connectivity index (χ0v) is 7.43. The van der Waals surface area contributed by atoms with Crippen molar-refractivity contribution in [2.24, 2.45) is 0 Å². The van der Waals surface area contributed by atoms with E-state index in [0.29, 0.717) is 18.7 Å². The molecular weight excluding hydrogens is 192 g/mol. The summed E-state index contributed by atoms with van der Waals surface area (Å²) in [5, 5.41) is 16.9. The van der Waals surface area contributed by atoms with Crippen molar-refractivity contribution in [3.8, 4) is 6.07 Å². The molecule has 0 saturated heterocycles. The number of hydrogen-bond donors (Lipinski definition) is 2. The maximum atomic E-state index is 10.9. The molecule has 0 unspecified atom stereocenters. The van der Waals surface area contributed by atoms with Crippen LogP contribution in [0.1, 0.15) is 6.42 Å². The normalized spacial score (nSPS) is 9.23. The summed E-state index contributed by atoms with van der Waals surface area (Å²) in [6, 6.07) is 1.96. The van der Waals surface area contributed by atoms with Crippen LogP contribution in [0, 0.1) is 11.3 Å². The molecule has 0 fully saturated rings. The maximum absolute atomic E-state index is 10.9. The van der Waals surface area contributed by atoms with E-state index in [1.54, 1.807) is 0 Å². The number of rotatable bonds is 3. The third-order valence-corrected chi connectivity index (χ3v) is 1.72. The van der Waals surface area contributed by atoms with Crippen LogP contribution >= 0.6 is 11.6 Å². The lowest BCUT2D eigenvalue weighted by molar-refractivity contribution is 0.978. The van der Waals surface area contributed by atoms with Gasteiger partial charge in [-0.25, -0.2) is 5.10 Å². The molecule has 0 spiro atoms. The third kappa shape index (κ3) is 2.46. The quantitative estimate of drug-likeness (QED) is 0.703. The van der Waals surface area contributed by atoms with Crippen LogP contribution < -0.4 is 10.9 Å². The number of nitriles is 1. The van der Waals surface area contributed by atoms with Crippen LogP contribution in [-0.4, -0.2) is 16.7 Å². The monoisotopic (exact) mass is 198 g/mol. The molecule has 0 bridgehead atoms. The van der Waals surface area contributed by atoms with Crippen LogP contribution in [0.25, 0.3) is 0 Å². The van der Waals surface area contributed by atoms with Gasteiger partial charge in [-0.2, -0.15) is 10.4 Å². The fourth-order valence-corrected chi connectivity index (χ4v) is 0.918. The Kier molecular flexibility index (Phi) is 3.29. The molecule has 0 radical (unpaired) electrons. The molecule has 6 heteroatoms. The van der Waals surface area contributed by atoms with Gasteiger partial charge in [-0.15, -0.1) is 0 Å². The average molecular weight is 199 g/mol. The highest BCUT2D eigenvalue weighted by molar-refractivity contribution is 6.32. The summed E-state index contributed by atoms with van der Waals surface area (Å²) in [6.07, 6.45) is 1.75. The summed E-state index contributed by atoms with van der Waals surface area (Å²) in [4.78, 5) is 10.9. The fraction of sp³-hybridized carbons (Fsp3) is 0.286.